The van der Waals surface area contributed by atoms with Gasteiger partial charge in [-0.15, -0.1) is 0 Å². The summed E-state index contributed by atoms with van der Waals surface area (Å²) >= 11 is 0. The second-order valence-corrected chi connectivity index (χ2v) is 6.99. The summed E-state index contributed by atoms with van der Waals surface area (Å²) in [6, 6.07) is 15.5. The standard InChI is InChI=1S/C22H28N2O3/c1-2-27-21-14-18(8-9-20(21)25)16-24-12-10-19(11-13-24)22(26)23-15-17-6-4-3-5-7-17/h3-9,14,19,25H,2,10-13,15-16H2,1H3,(H,23,26). The SMILES string of the molecule is CCOc1cc(CN2CCC(C(=O)NCc3ccccc3)CC2)ccc1O. The molecule has 1 saturated heterocycles. The molecular formula is C22H28N2O3. The highest BCUT2D eigenvalue weighted by molar-refractivity contribution is 5.78. The van der Waals surface area contributed by atoms with Gasteiger partial charge in [0.2, 0.25) is 5.91 Å². The predicted octanol–water partition coefficient (Wildman–Crippen LogP) is 3.32. The van der Waals surface area contributed by atoms with E-state index in [1.165, 1.54) is 0 Å². The Morgan fingerprint density at radius 1 is 1.15 bits per heavy atom. The van der Waals surface area contributed by atoms with Crippen LogP contribution in [0.5, 0.6) is 11.5 Å². The number of ether oxygens (including phenoxy) is 1. The third kappa shape index (κ3) is 5.47. The molecule has 144 valence electrons. The van der Waals surface area contributed by atoms with E-state index in [9.17, 15) is 9.90 Å². The van der Waals surface area contributed by atoms with Crippen LogP contribution in [0.4, 0.5) is 0 Å². The average molecular weight is 368 g/mol. The molecule has 0 bridgehead atoms. The van der Waals surface area contributed by atoms with Crippen LogP contribution in [0.15, 0.2) is 48.5 Å². The molecule has 5 nitrogen and oxygen atoms in total. The summed E-state index contributed by atoms with van der Waals surface area (Å²) in [5, 5.41) is 12.9. The van der Waals surface area contributed by atoms with Crippen LogP contribution >= 0.6 is 0 Å². The van der Waals surface area contributed by atoms with Crippen LogP contribution in [0.1, 0.15) is 30.9 Å². The number of likely N-dealkylation sites (tertiary alicyclic amines) is 1. The Balaban J connectivity index is 1.46. The molecule has 5 heteroatoms. The van der Waals surface area contributed by atoms with Gasteiger partial charge in [-0.25, -0.2) is 0 Å². The lowest BCUT2D eigenvalue weighted by Gasteiger charge is -2.31. The lowest BCUT2D eigenvalue weighted by Crippen LogP contribution is -2.40. The summed E-state index contributed by atoms with van der Waals surface area (Å²) in [6.07, 6.45) is 1.74. The topological polar surface area (TPSA) is 61.8 Å². The number of nitrogens with one attached hydrogen (secondary N) is 1. The molecule has 2 aromatic rings. The smallest absolute Gasteiger partial charge is 0.223 e. The van der Waals surface area contributed by atoms with Gasteiger partial charge >= 0.3 is 0 Å². The molecule has 1 amide bonds. The number of aromatic hydroxyl groups is 1. The van der Waals surface area contributed by atoms with Crippen LogP contribution in [0.25, 0.3) is 0 Å². The van der Waals surface area contributed by atoms with Crippen molar-refractivity contribution < 1.29 is 14.6 Å². The number of piperidine rings is 1. The van der Waals surface area contributed by atoms with Crippen molar-refractivity contribution in [3.05, 3.63) is 59.7 Å². The molecule has 2 aromatic carbocycles. The van der Waals surface area contributed by atoms with Crippen LogP contribution in [-0.2, 0) is 17.9 Å². The Labute approximate surface area is 161 Å². The molecule has 0 spiro atoms. The van der Waals surface area contributed by atoms with Gasteiger partial charge < -0.3 is 15.2 Å². The number of rotatable bonds is 7. The van der Waals surface area contributed by atoms with Crippen LogP contribution in [0.3, 0.4) is 0 Å². The minimum absolute atomic E-state index is 0.0868. The van der Waals surface area contributed by atoms with Gasteiger partial charge in [0, 0.05) is 19.0 Å². The van der Waals surface area contributed by atoms with Gasteiger partial charge in [0.1, 0.15) is 0 Å². The Bertz CT molecular complexity index is 740. The first kappa shape index (κ1) is 19.2. The highest BCUT2D eigenvalue weighted by Gasteiger charge is 2.24. The van der Waals surface area contributed by atoms with Gasteiger partial charge in [-0.05, 0) is 56.1 Å². The average Bonchev–Trinajstić information content (AvgIpc) is 2.70. The molecule has 0 radical (unpaired) electrons. The van der Waals surface area contributed by atoms with Crippen molar-refractivity contribution in [3.63, 3.8) is 0 Å². The van der Waals surface area contributed by atoms with E-state index >= 15 is 0 Å². The van der Waals surface area contributed by atoms with Crippen LogP contribution in [-0.4, -0.2) is 35.6 Å². The van der Waals surface area contributed by atoms with Crippen LogP contribution in [0.2, 0.25) is 0 Å². The second kappa shape index (κ2) is 9.42. The lowest BCUT2D eigenvalue weighted by atomic mass is 9.95. The number of phenols is 1. The zero-order chi connectivity index (χ0) is 19.1. The van der Waals surface area contributed by atoms with Crippen molar-refractivity contribution in [2.24, 2.45) is 5.92 Å². The third-order valence-electron chi connectivity index (χ3n) is 5.00. The highest BCUT2D eigenvalue weighted by atomic mass is 16.5. The molecule has 1 aliphatic rings. The van der Waals surface area contributed by atoms with Gasteiger partial charge in [0.25, 0.3) is 0 Å². The molecular weight excluding hydrogens is 340 g/mol. The maximum absolute atomic E-state index is 12.4. The first-order valence-corrected chi connectivity index (χ1v) is 9.64. The predicted molar refractivity (Wildman–Crippen MR) is 106 cm³/mol. The van der Waals surface area contributed by atoms with Crippen molar-refractivity contribution in [1.82, 2.24) is 10.2 Å². The molecule has 2 N–H and O–H groups in total. The van der Waals surface area contributed by atoms with E-state index in [1.807, 2.05) is 49.4 Å². The Kier molecular flexibility index (Phi) is 6.71. The summed E-state index contributed by atoms with van der Waals surface area (Å²) in [5.41, 5.74) is 2.24. The van der Waals surface area contributed by atoms with Crippen molar-refractivity contribution in [2.45, 2.75) is 32.9 Å². The summed E-state index contributed by atoms with van der Waals surface area (Å²) in [5.74, 6) is 0.949. The summed E-state index contributed by atoms with van der Waals surface area (Å²) < 4.78 is 5.46. The number of benzene rings is 2. The fourth-order valence-corrected chi connectivity index (χ4v) is 3.47. The van der Waals surface area contributed by atoms with Crippen LogP contribution in [0, 0.1) is 5.92 Å². The quantitative estimate of drug-likeness (QED) is 0.787. The first-order valence-electron chi connectivity index (χ1n) is 9.64. The molecule has 0 saturated carbocycles. The second-order valence-electron chi connectivity index (χ2n) is 6.99. The molecule has 27 heavy (non-hydrogen) atoms. The number of nitrogens with zero attached hydrogens (tertiary/aromatic N) is 1. The van der Waals surface area contributed by atoms with Gasteiger partial charge in [-0.2, -0.15) is 0 Å². The van der Waals surface area contributed by atoms with Gasteiger partial charge in [0.05, 0.1) is 6.61 Å². The molecule has 1 aliphatic heterocycles. The van der Waals surface area contributed by atoms with E-state index in [4.69, 9.17) is 4.74 Å². The summed E-state index contributed by atoms with van der Waals surface area (Å²) in [4.78, 5) is 14.8. The Morgan fingerprint density at radius 3 is 2.59 bits per heavy atom. The van der Waals surface area contributed by atoms with Gasteiger partial charge in [0.15, 0.2) is 11.5 Å². The largest absolute Gasteiger partial charge is 0.504 e. The van der Waals surface area contributed by atoms with E-state index in [1.54, 1.807) is 6.07 Å². The monoisotopic (exact) mass is 368 g/mol. The maximum Gasteiger partial charge on any atom is 0.223 e. The van der Waals surface area contributed by atoms with Crippen molar-refractivity contribution in [1.29, 1.82) is 0 Å². The number of phenolic OH excluding ortho intramolecular Hbond substituents is 1. The molecule has 3 rings (SSSR count). The summed E-state index contributed by atoms with van der Waals surface area (Å²) in [6.45, 7) is 5.62. The number of hydrogen-bond acceptors (Lipinski definition) is 4. The number of carbonyl (C=O) groups excluding carboxylic acids is 1. The van der Waals surface area contributed by atoms with E-state index in [2.05, 4.69) is 10.2 Å². The van der Waals surface area contributed by atoms with Crippen molar-refractivity contribution in [3.8, 4) is 11.5 Å². The van der Waals surface area contributed by atoms with E-state index < -0.39 is 0 Å². The fraction of sp³-hybridized carbons (Fsp3) is 0.409. The first-order chi connectivity index (χ1) is 13.2. The number of carbonyl (C=O) groups is 1. The molecule has 1 fully saturated rings. The maximum atomic E-state index is 12.4. The molecule has 0 unspecified atom stereocenters. The van der Waals surface area contributed by atoms with E-state index in [0.717, 1.165) is 43.6 Å². The van der Waals surface area contributed by atoms with E-state index in [-0.39, 0.29) is 17.6 Å². The zero-order valence-electron chi connectivity index (χ0n) is 15.9. The molecule has 1 heterocycles. The third-order valence-corrected chi connectivity index (χ3v) is 5.00. The minimum Gasteiger partial charge on any atom is -0.504 e. The van der Waals surface area contributed by atoms with Crippen LogP contribution < -0.4 is 10.1 Å². The minimum atomic E-state index is 0.0868. The normalized spacial score (nSPS) is 15.4. The van der Waals surface area contributed by atoms with Crippen molar-refractivity contribution >= 4 is 5.91 Å². The number of amides is 1. The lowest BCUT2D eigenvalue weighted by molar-refractivity contribution is -0.126. The Morgan fingerprint density at radius 2 is 1.89 bits per heavy atom. The molecule has 0 atom stereocenters. The van der Waals surface area contributed by atoms with Crippen molar-refractivity contribution in [2.75, 3.05) is 19.7 Å². The molecule has 0 aliphatic carbocycles. The summed E-state index contributed by atoms with van der Waals surface area (Å²) in [7, 11) is 0. The highest BCUT2D eigenvalue weighted by Crippen LogP contribution is 2.28. The zero-order valence-corrected chi connectivity index (χ0v) is 15.9. The van der Waals surface area contributed by atoms with E-state index in [0.29, 0.717) is 18.9 Å². The van der Waals surface area contributed by atoms with Gasteiger partial charge in [-0.3, -0.25) is 9.69 Å². The van der Waals surface area contributed by atoms with Gasteiger partial charge in [-0.1, -0.05) is 36.4 Å². The number of hydrogen-bond donors (Lipinski definition) is 2. The molecule has 0 aromatic heterocycles. The Hall–Kier alpha value is -2.53. The fourth-order valence-electron chi connectivity index (χ4n) is 3.47.